The van der Waals surface area contributed by atoms with Gasteiger partial charge in [0.2, 0.25) is 0 Å². The zero-order chi connectivity index (χ0) is 21.3. The van der Waals surface area contributed by atoms with Gasteiger partial charge in [-0.15, -0.1) is 0 Å². The van der Waals surface area contributed by atoms with Gasteiger partial charge in [0, 0.05) is 16.8 Å². The molecule has 1 atom stereocenters. The third-order valence-corrected chi connectivity index (χ3v) is 5.23. The summed E-state index contributed by atoms with van der Waals surface area (Å²) < 4.78 is 40.8. The summed E-state index contributed by atoms with van der Waals surface area (Å²) in [5.41, 5.74) is 3.49. The minimum absolute atomic E-state index is 0.311. The molecule has 0 aliphatic rings. The van der Waals surface area contributed by atoms with Gasteiger partial charge in [-0.05, 0) is 28.2 Å². The molecule has 0 fully saturated rings. The normalized spacial score (nSPS) is 12.8. The molecule has 0 saturated heterocycles. The first-order valence-corrected chi connectivity index (χ1v) is 9.52. The Morgan fingerprint density at radius 1 is 0.833 bits per heavy atom. The van der Waals surface area contributed by atoms with Crippen LogP contribution in [-0.2, 0) is 0 Å². The van der Waals surface area contributed by atoms with E-state index >= 15 is 0 Å². The van der Waals surface area contributed by atoms with Crippen LogP contribution in [0.4, 0.5) is 13.2 Å². The van der Waals surface area contributed by atoms with Gasteiger partial charge < -0.3 is 15.0 Å². The average molecular weight is 409 g/mol. The van der Waals surface area contributed by atoms with Crippen LogP contribution in [0.1, 0.15) is 23.5 Å². The van der Waals surface area contributed by atoms with Crippen molar-refractivity contribution in [2.24, 2.45) is 0 Å². The third kappa shape index (κ3) is 4.13. The SMILES string of the molecule is OB(O)c1ccc(-c2[nH]c3ccccc3c2C(CC(F)(F)F)c2ccccc2)cc1. The molecule has 4 aromatic rings. The van der Waals surface area contributed by atoms with Crippen molar-refractivity contribution in [2.45, 2.75) is 18.5 Å². The smallest absolute Gasteiger partial charge is 0.423 e. The molecule has 3 aromatic carbocycles. The van der Waals surface area contributed by atoms with E-state index in [9.17, 15) is 23.2 Å². The summed E-state index contributed by atoms with van der Waals surface area (Å²) >= 11 is 0. The molecule has 3 nitrogen and oxygen atoms in total. The number of fused-ring (bicyclic) bond motifs is 1. The highest BCUT2D eigenvalue weighted by Gasteiger charge is 2.36. The fourth-order valence-electron chi connectivity index (χ4n) is 3.88. The molecular weight excluding hydrogens is 390 g/mol. The molecule has 0 aliphatic heterocycles. The summed E-state index contributed by atoms with van der Waals surface area (Å²) in [5, 5.41) is 19.4. The van der Waals surface area contributed by atoms with E-state index in [0.29, 0.717) is 27.8 Å². The minimum Gasteiger partial charge on any atom is -0.423 e. The maximum atomic E-state index is 13.6. The Kier molecular flexibility index (Phi) is 5.41. The molecular formula is C23H19BF3NO2. The summed E-state index contributed by atoms with van der Waals surface area (Å²) in [6.07, 6.45) is -5.33. The average Bonchev–Trinajstić information content (AvgIpc) is 3.11. The summed E-state index contributed by atoms with van der Waals surface area (Å²) in [4.78, 5) is 3.27. The second-order valence-electron chi connectivity index (χ2n) is 7.24. The van der Waals surface area contributed by atoms with Gasteiger partial charge in [-0.3, -0.25) is 0 Å². The summed E-state index contributed by atoms with van der Waals surface area (Å²) in [7, 11) is -1.61. The Morgan fingerprint density at radius 2 is 1.47 bits per heavy atom. The molecule has 0 bridgehead atoms. The van der Waals surface area contributed by atoms with Crippen molar-refractivity contribution in [1.82, 2.24) is 4.98 Å². The Bertz CT molecular complexity index is 1140. The standard InChI is InChI=1S/C23H19BF3NO2/c25-23(26,27)14-19(15-6-2-1-3-7-15)21-18-8-4-5-9-20(18)28-22(21)16-10-12-17(13-11-16)24(29)30/h1-13,19,28-30H,14H2. The molecule has 3 N–H and O–H groups in total. The lowest BCUT2D eigenvalue weighted by Gasteiger charge is -2.21. The number of halogens is 3. The number of hydrogen-bond acceptors (Lipinski definition) is 2. The predicted molar refractivity (Wildman–Crippen MR) is 113 cm³/mol. The number of aromatic nitrogens is 1. The second-order valence-corrected chi connectivity index (χ2v) is 7.24. The lowest BCUT2D eigenvalue weighted by atomic mass is 9.79. The Hall–Kier alpha value is -3.03. The third-order valence-electron chi connectivity index (χ3n) is 5.23. The summed E-state index contributed by atoms with van der Waals surface area (Å²) in [6.45, 7) is 0. The molecule has 30 heavy (non-hydrogen) atoms. The van der Waals surface area contributed by atoms with Crippen LogP contribution < -0.4 is 5.46 Å². The van der Waals surface area contributed by atoms with Crippen LogP contribution in [0.15, 0.2) is 78.9 Å². The summed E-state index contributed by atoms with van der Waals surface area (Å²) in [6, 6.07) is 22.5. The number of rotatable bonds is 5. The predicted octanol–water partition coefficient (Wildman–Crippen LogP) is 4.60. The van der Waals surface area contributed by atoms with Gasteiger partial charge in [0.15, 0.2) is 0 Å². The summed E-state index contributed by atoms with van der Waals surface area (Å²) in [5.74, 6) is -0.888. The first kappa shape index (κ1) is 20.3. The lowest BCUT2D eigenvalue weighted by molar-refractivity contribution is -0.136. The van der Waals surface area contributed by atoms with Crippen LogP contribution in [0.25, 0.3) is 22.2 Å². The molecule has 0 aliphatic carbocycles. The molecule has 7 heteroatoms. The van der Waals surface area contributed by atoms with Gasteiger partial charge in [0.05, 0.1) is 12.1 Å². The molecule has 152 valence electrons. The lowest BCUT2D eigenvalue weighted by Crippen LogP contribution is -2.29. The van der Waals surface area contributed by atoms with E-state index in [1.165, 1.54) is 0 Å². The number of alkyl halides is 3. The minimum atomic E-state index is -4.35. The first-order valence-electron chi connectivity index (χ1n) is 9.52. The van der Waals surface area contributed by atoms with Crippen molar-refractivity contribution < 1.29 is 23.2 Å². The topological polar surface area (TPSA) is 56.2 Å². The van der Waals surface area contributed by atoms with Crippen LogP contribution in [0.5, 0.6) is 0 Å². The molecule has 1 aromatic heterocycles. The van der Waals surface area contributed by atoms with Gasteiger partial charge in [0.1, 0.15) is 0 Å². The van der Waals surface area contributed by atoms with Crippen molar-refractivity contribution in [3.8, 4) is 11.3 Å². The fraction of sp³-hybridized carbons (Fsp3) is 0.130. The van der Waals surface area contributed by atoms with E-state index in [1.54, 1.807) is 54.6 Å². The van der Waals surface area contributed by atoms with Gasteiger partial charge in [-0.25, -0.2) is 0 Å². The van der Waals surface area contributed by atoms with Gasteiger partial charge in [0.25, 0.3) is 0 Å². The Labute approximate surface area is 172 Å². The maximum absolute atomic E-state index is 13.6. The molecule has 0 radical (unpaired) electrons. The number of aromatic amines is 1. The Morgan fingerprint density at radius 3 is 2.10 bits per heavy atom. The van der Waals surface area contributed by atoms with Crippen LogP contribution in [0.3, 0.4) is 0 Å². The zero-order valence-corrected chi connectivity index (χ0v) is 15.9. The van der Waals surface area contributed by atoms with E-state index in [0.717, 1.165) is 10.9 Å². The van der Waals surface area contributed by atoms with Crippen LogP contribution >= 0.6 is 0 Å². The molecule has 1 heterocycles. The van der Waals surface area contributed by atoms with Crippen molar-refractivity contribution >= 4 is 23.5 Å². The number of nitrogens with one attached hydrogen (secondary N) is 1. The molecule has 0 amide bonds. The fourth-order valence-corrected chi connectivity index (χ4v) is 3.88. The highest BCUT2D eigenvalue weighted by molar-refractivity contribution is 6.58. The van der Waals surface area contributed by atoms with E-state index in [1.807, 2.05) is 24.3 Å². The van der Waals surface area contributed by atoms with E-state index in [-0.39, 0.29) is 0 Å². The highest BCUT2D eigenvalue weighted by atomic mass is 19.4. The van der Waals surface area contributed by atoms with Crippen molar-refractivity contribution in [3.05, 3.63) is 90.0 Å². The molecule has 4 rings (SSSR count). The van der Waals surface area contributed by atoms with Crippen molar-refractivity contribution in [1.29, 1.82) is 0 Å². The molecule has 0 spiro atoms. The quantitative estimate of drug-likeness (QED) is 0.422. The van der Waals surface area contributed by atoms with Gasteiger partial charge in [-0.1, -0.05) is 72.8 Å². The Balaban J connectivity index is 1.94. The van der Waals surface area contributed by atoms with Gasteiger partial charge in [-0.2, -0.15) is 13.2 Å². The van der Waals surface area contributed by atoms with E-state index in [2.05, 4.69) is 4.98 Å². The number of benzene rings is 3. The van der Waals surface area contributed by atoms with Crippen molar-refractivity contribution in [3.63, 3.8) is 0 Å². The van der Waals surface area contributed by atoms with Crippen LogP contribution in [0, 0.1) is 0 Å². The van der Waals surface area contributed by atoms with E-state index < -0.39 is 25.6 Å². The highest BCUT2D eigenvalue weighted by Crippen LogP contribution is 2.43. The number of H-pyrrole nitrogens is 1. The maximum Gasteiger partial charge on any atom is 0.488 e. The van der Waals surface area contributed by atoms with Crippen LogP contribution in [-0.4, -0.2) is 28.3 Å². The van der Waals surface area contributed by atoms with Crippen molar-refractivity contribution in [2.75, 3.05) is 0 Å². The second kappa shape index (κ2) is 8.01. The molecule has 0 saturated carbocycles. The number of hydrogen-bond donors (Lipinski definition) is 3. The first-order chi connectivity index (χ1) is 14.3. The zero-order valence-electron chi connectivity index (χ0n) is 15.9. The monoisotopic (exact) mass is 409 g/mol. The molecule has 1 unspecified atom stereocenters. The van der Waals surface area contributed by atoms with Crippen LogP contribution in [0.2, 0.25) is 0 Å². The van der Waals surface area contributed by atoms with Gasteiger partial charge >= 0.3 is 13.3 Å². The number of para-hydroxylation sites is 1. The van der Waals surface area contributed by atoms with E-state index in [4.69, 9.17) is 0 Å². The largest absolute Gasteiger partial charge is 0.488 e.